The van der Waals surface area contributed by atoms with Crippen LogP contribution in [-0.2, 0) is 5.72 Å². The van der Waals surface area contributed by atoms with Crippen LogP contribution in [0.3, 0.4) is 0 Å². The smallest absolute Gasteiger partial charge is 0.316 e. The Hall–Kier alpha value is -1.30. The summed E-state index contributed by atoms with van der Waals surface area (Å²) in [5.74, 6) is 1.10. The minimum absolute atomic E-state index is 0.557. The number of aryl methyl sites for hydroxylation is 2. The van der Waals surface area contributed by atoms with Gasteiger partial charge in [0.05, 0.1) is 6.54 Å². The molecule has 0 radical (unpaired) electrons. The van der Waals surface area contributed by atoms with Gasteiger partial charge in [-0.15, -0.1) is 0 Å². The predicted molar refractivity (Wildman–Crippen MR) is 109 cm³/mol. The number of nitrogens with zero attached hydrogens (tertiary/aromatic N) is 2. The molecule has 0 unspecified atom stereocenters. The molecule has 0 bridgehead atoms. The van der Waals surface area contributed by atoms with E-state index in [9.17, 15) is 5.11 Å². The van der Waals surface area contributed by atoms with Gasteiger partial charge in [-0.3, -0.25) is 0 Å². The Morgan fingerprint density at radius 2 is 1.92 bits per heavy atom. The highest BCUT2D eigenvalue weighted by molar-refractivity contribution is 9.10. The van der Waals surface area contributed by atoms with Gasteiger partial charge in [0.15, 0.2) is 6.54 Å². The molecule has 0 fully saturated rings. The van der Waals surface area contributed by atoms with Gasteiger partial charge < -0.3 is 5.11 Å². The highest BCUT2D eigenvalue weighted by atomic mass is 79.9. The van der Waals surface area contributed by atoms with Crippen molar-refractivity contribution in [3.8, 4) is 0 Å². The van der Waals surface area contributed by atoms with Crippen LogP contribution in [0.15, 0.2) is 46.9 Å². The summed E-state index contributed by atoms with van der Waals surface area (Å²) in [5, 5.41) is 12.8. The molecule has 25 heavy (non-hydrogen) atoms. The number of amidine groups is 1. The van der Waals surface area contributed by atoms with Crippen molar-refractivity contribution in [1.82, 2.24) is 0 Å². The number of thioether (sulfide) groups is 1. The summed E-state index contributed by atoms with van der Waals surface area (Å²) in [6.07, 6.45) is 1.09. The Morgan fingerprint density at radius 1 is 1.16 bits per heavy atom. The first-order chi connectivity index (χ1) is 12.0. The van der Waals surface area contributed by atoms with Gasteiger partial charge in [0.1, 0.15) is 5.69 Å². The average Bonchev–Trinajstić information content (AvgIpc) is 2.92. The van der Waals surface area contributed by atoms with Crippen molar-refractivity contribution in [2.45, 2.75) is 26.0 Å². The largest absolute Gasteiger partial charge is 0.346 e. The lowest BCUT2D eigenvalue weighted by Gasteiger charge is -2.24. The maximum absolute atomic E-state index is 11.7. The molecule has 2 aliphatic rings. The number of benzene rings is 2. The van der Waals surface area contributed by atoms with Crippen LogP contribution in [0.1, 0.15) is 23.1 Å². The minimum atomic E-state index is -0.986. The molecule has 2 heterocycles. The van der Waals surface area contributed by atoms with Gasteiger partial charge in [-0.2, -0.15) is 0 Å². The molecule has 0 spiro atoms. The first-order valence-corrected chi connectivity index (χ1v) is 10.4. The number of β-amino-alcohol motifs (C(OH)–C–C–N with tert-alkyl or cyclic N) is 1. The van der Waals surface area contributed by atoms with Crippen LogP contribution in [-0.4, -0.2) is 33.7 Å². The van der Waals surface area contributed by atoms with E-state index in [1.165, 1.54) is 22.0 Å². The molecule has 0 aliphatic carbocycles. The van der Waals surface area contributed by atoms with Crippen molar-refractivity contribution in [3.05, 3.63) is 63.6 Å². The molecule has 0 aromatic heterocycles. The van der Waals surface area contributed by atoms with Crippen molar-refractivity contribution in [3.63, 3.8) is 0 Å². The molecule has 1 N–H and O–H groups in total. The van der Waals surface area contributed by atoms with Crippen LogP contribution in [0.2, 0.25) is 0 Å². The Labute approximate surface area is 161 Å². The van der Waals surface area contributed by atoms with Crippen molar-refractivity contribution in [1.29, 1.82) is 0 Å². The van der Waals surface area contributed by atoms with Gasteiger partial charge in [-0.1, -0.05) is 40.2 Å². The monoisotopic (exact) mass is 417 g/mol. The lowest BCUT2D eigenvalue weighted by Crippen LogP contribution is -2.41. The van der Waals surface area contributed by atoms with Gasteiger partial charge >= 0.3 is 5.17 Å². The molecule has 0 amide bonds. The Balaban J connectivity index is 1.83. The molecular formula is C20H22BrN2OS+. The van der Waals surface area contributed by atoms with Crippen LogP contribution in [0.5, 0.6) is 0 Å². The Kier molecular flexibility index (Phi) is 4.42. The maximum atomic E-state index is 11.7. The average molecular weight is 418 g/mol. The zero-order valence-electron chi connectivity index (χ0n) is 14.5. The molecule has 130 valence electrons. The Morgan fingerprint density at radius 3 is 2.68 bits per heavy atom. The summed E-state index contributed by atoms with van der Waals surface area (Å²) < 4.78 is 3.22. The summed E-state index contributed by atoms with van der Waals surface area (Å²) >= 11 is 5.34. The second-order valence-corrected chi connectivity index (χ2v) is 8.81. The molecule has 0 saturated carbocycles. The minimum Gasteiger partial charge on any atom is -0.346 e. The Bertz CT molecular complexity index is 849. The van der Waals surface area contributed by atoms with Gasteiger partial charge in [-0.25, -0.2) is 9.48 Å². The number of anilines is 1. The van der Waals surface area contributed by atoms with Crippen molar-refractivity contribution < 1.29 is 9.68 Å². The van der Waals surface area contributed by atoms with E-state index in [1.54, 1.807) is 0 Å². The van der Waals surface area contributed by atoms with E-state index < -0.39 is 5.72 Å². The number of aliphatic hydroxyl groups is 1. The van der Waals surface area contributed by atoms with Gasteiger partial charge in [0.2, 0.25) is 0 Å². The third kappa shape index (κ3) is 2.92. The van der Waals surface area contributed by atoms with E-state index in [1.807, 2.05) is 36.0 Å². The van der Waals surface area contributed by atoms with Gasteiger partial charge in [-0.05, 0) is 61.4 Å². The molecule has 0 saturated heterocycles. The number of hydrogen-bond donors (Lipinski definition) is 1. The SMILES string of the molecule is Cc1ccc(C)c(N2C[C@](O)(c3ccc(Br)cc3)[N+]3=C2SCCC3)c1. The zero-order chi connectivity index (χ0) is 17.6. The van der Waals surface area contributed by atoms with E-state index in [0.717, 1.165) is 28.8 Å². The molecule has 4 rings (SSSR count). The molecule has 2 aromatic rings. The van der Waals surface area contributed by atoms with Crippen LogP contribution in [0.25, 0.3) is 0 Å². The van der Waals surface area contributed by atoms with E-state index >= 15 is 0 Å². The normalized spacial score (nSPS) is 23.1. The lowest BCUT2D eigenvalue weighted by atomic mass is 10.0. The number of hydrogen-bond acceptors (Lipinski definition) is 3. The van der Waals surface area contributed by atoms with Gasteiger partial charge in [0.25, 0.3) is 5.72 Å². The van der Waals surface area contributed by atoms with E-state index in [0.29, 0.717) is 6.54 Å². The molecule has 3 nitrogen and oxygen atoms in total. The lowest BCUT2D eigenvalue weighted by molar-refractivity contribution is -0.656. The third-order valence-corrected chi connectivity index (χ3v) is 6.73. The van der Waals surface area contributed by atoms with Crippen LogP contribution in [0.4, 0.5) is 5.69 Å². The summed E-state index contributed by atoms with van der Waals surface area (Å²) in [4.78, 5) is 2.30. The van der Waals surface area contributed by atoms with E-state index in [4.69, 9.17) is 0 Å². The van der Waals surface area contributed by atoms with E-state index in [2.05, 4.69) is 57.5 Å². The molecule has 2 aliphatic heterocycles. The van der Waals surface area contributed by atoms with Crippen LogP contribution < -0.4 is 4.90 Å². The fraction of sp³-hybridized carbons (Fsp3) is 0.350. The first kappa shape index (κ1) is 17.1. The molecule has 2 aromatic carbocycles. The fourth-order valence-electron chi connectivity index (χ4n) is 3.66. The van der Waals surface area contributed by atoms with Crippen LogP contribution in [0, 0.1) is 13.8 Å². The van der Waals surface area contributed by atoms with Gasteiger partial charge in [0, 0.05) is 15.8 Å². The second-order valence-electron chi connectivity index (χ2n) is 6.84. The van der Waals surface area contributed by atoms with Crippen molar-refractivity contribution in [2.24, 2.45) is 0 Å². The van der Waals surface area contributed by atoms with Crippen LogP contribution >= 0.6 is 27.7 Å². The molecule has 5 heteroatoms. The number of rotatable bonds is 2. The summed E-state index contributed by atoms with van der Waals surface area (Å²) in [5.41, 5.74) is 3.64. The second kappa shape index (κ2) is 6.45. The maximum Gasteiger partial charge on any atom is 0.316 e. The highest BCUT2D eigenvalue weighted by Crippen LogP contribution is 2.39. The van der Waals surface area contributed by atoms with E-state index in [-0.39, 0.29) is 0 Å². The van der Waals surface area contributed by atoms with Crippen molar-refractivity contribution >= 4 is 38.5 Å². The summed E-state index contributed by atoms with van der Waals surface area (Å²) in [6.45, 7) is 5.71. The molecular weight excluding hydrogens is 396 g/mol. The predicted octanol–water partition coefficient (Wildman–Crippen LogP) is 4.24. The fourth-order valence-corrected chi connectivity index (χ4v) is 5.10. The number of halogens is 1. The summed E-state index contributed by atoms with van der Waals surface area (Å²) in [6, 6.07) is 14.6. The standard InChI is InChI=1S/C20H22BrN2OS/c1-14-4-5-15(2)18(12-14)22-13-20(24,16-6-8-17(21)9-7-16)23-10-3-11-25-19(22)23/h4-9,12,24H,3,10-11,13H2,1-2H3/q+1/t20-/m0/s1. The highest BCUT2D eigenvalue weighted by Gasteiger charge is 2.53. The molecule has 1 atom stereocenters. The van der Waals surface area contributed by atoms with Crippen molar-refractivity contribution in [2.75, 3.05) is 23.7 Å². The first-order valence-electron chi connectivity index (χ1n) is 8.60. The third-order valence-electron chi connectivity index (χ3n) is 5.01. The topological polar surface area (TPSA) is 26.5 Å². The zero-order valence-corrected chi connectivity index (χ0v) is 16.9. The quantitative estimate of drug-likeness (QED) is 0.740. The summed E-state index contributed by atoms with van der Waals surface area (Å²) in [7, 11) is 0.